The van der Waals surface area contributed by atoms with E-state index in [-0.39, 0.29) is 11.9 Å². The molecule has 3 aromatic rings. The van der Waals surface area contributed by atoms with Crippen LogP contribution in [0.2, 0.25) is 0 Å². The van der Waals surface area contributed by atoms with Gasteiger partial charge in [0.05, 0.1) is 5.69 Å². The average molecular weight is 324 g/mol. The second-order valence-corrected chi connectivity index (χ2v) is 6.38. The van der Waals surface area contributed by atoms with Crippen molar-refractivity contribution < 1.29 is 4.79 Å². The zero-order chi connectivity index (χ0) is 16.5. The van der Waals surface area contributed by atoms with Crippen molar-refractivity contribution in [2.75, 3.05) is 0 Å². The summed E-state index contributed by atoms with van der Waals surface area (Å²) in [6.07, 6.45) is 7.94. The summed E-state index contributed by atoms with van der Waals surface area (Å²) in [5, 5.41) is 14.6. The molecule has 124 valence electrons. The first-order valence-electron chi connectivity index (χ1n) is 8.32. The number of nitrogens with zero attached hydrogens (tertiary/aromatic N) is 4. The predicted molar refractivity (Wildman–Crippen MR) is 89.6 cm³/mol. The molecule has 2 N–H and O–H groups in total. The molecular weight excluding hydrogens is 304 g/mol. The fourth-order valence-electron chi connectivity index (χ4n) is 3.53. The highest BCUT2D eigenvalue weighted by molar-refractivity contribution is 5.93. The number of H-pyrrole nitrogens is 1. The Kier molecular flexibility index (Phi) is 3.76. The van der Waals surface area contributed by atoms with Crippen molar-refractivity contribution in [3.63, 3.8) is 0 Å². The van der Waals surface area contributed by atoms with Gasteiger partial charge in [0.2, 0.25) is 0 Å². The van der Waals surface area contributed by atoms with Gasteiger partial charge in [-0.3, -0.25) is 4.79 Å². The largest absolute Gasteiger partial charge is 0.348 e. The zero-order valence-corrected chi connectivity index (χ0v) is 13.6. The lowest BCUT2D eigenvalue weighted by Gasteiger charge is -2.30. The number of carbonyl (C=O) groups is 1. The van der Waals surface area contributed by atoms with E-state index in [2.05, 4.69) is 48.6 Å². The van der Waals surface area contributed by atoms with Gasteiger partial charge in [0.1, 0.15) is 5.65 Å². The van der Waals surface area contributed by atoms with Crippen molar-refractivity contribution in [3.05, 3.63) is 42.0 Å². The van der Waals surface area contributed by atoms with Gasteiger partial charge in [-0.25, -0.2) is 4.98 Å². The number of hydrogen-bond donors (Lipinski definition) is 2. The van der Waals surface area contributed by atoms with Crippen LogP contribution in [-0.4, -0.2) is 36.9 Å². The first-order chi connectivity index (χ1) is 11.7. The van der Waals surface area contributed by atoms with Crippen LogP contribution in [0.4, 0.5) is 0 Å². The second kappa shape index (κ2) is 6.07. The first kappa shape index (κ1) is 14.9. The van der Waals surface area contributed by atoms with Gasteiger partial charge in [0, 0.05) is 29.9 Å². The highest BCUT2D eigenvalue weighted by atomic mass is 16.2. The molecule has 3 heterocycles. The summed E-state index contributed by atoms with van der Waals surface area (Å²) in [7, 11) is 0. The summed E-state index contributed by atoms with van der Waals surface area (Å²) in [6.45, 7) is 1.78. The maximum Gasteiger partial charge on any atom is 0.273 e. The third kappa shape index (κ3) is 2.66. The van der Waals surface area contributed by atoms with Crippen LogP contribution in [0.5, 0.6) is 0 Å². The van der Waals surface area contributed by atoms with Crippen LogP contribution < -0.4 is 5.32 Å². The van der Waals surface area contributed by atoms with E-state index in [4.69, 9.17) is 0 Å². The van der Waals surface area contributed by atoms with Gasteiger partial charge in [0.25, 0.3) is 5.91 Å². The van der Waals surface area contributed by atoms with Gasteiger partial charge in [-0.2, -0.15) is 15.4 Å². The minimum atomic E-state index is -0.141. The molecule has 0 aliphatic heterocycles. The number of aromatic amines is 1. The molecule has 24 heavy (non-hydrogen) atoms. The zero-order valence-electron chi connectivity index (χ0n) is 13.6. The van der Waals surface area contributed by atoms with Gasteiger partial charge in [-0.05, 0) is 50.8 Å². The Morgan fingerprint density at radius 1 is 1.25 bits per heavy atom. The summed E-state index contributed by atoms with van der Waals surface area (Å²) in [4.78, 5) is 16.7. The maximum absolute atomic E-state index is 12.2. The summed E-state index contributed by atoms with van der Waals surface area (Å²) in [6, 6.07) is 6.80. The number of pyridine rings is 1. The van der Waals surface area contributed by atoms with Crippen LogP contribution in [0.3, 0.4) is 0 Å². The van der Waals surface area contributed by atoms with Crippen molar-refractivity contribution in [1.29, 1.82) is 0 Å². The van der Waals surface area contributed by atoms with E-state index in [1.54, 1.807) is 6.92 Å². The molecule has 1 aliphatic carbocycles. The van der Waals surface area contributed by atoms with Crippen LogP contribution in [0.25, 0.3) is 11.0 Å². The Bertz CT molecular complexity index is 859. The lowest BCUT2D eigenvalue weighted by atomic mass is 9.91. The fourth-order valence-corrected chi connectivity index (χ4v) is 3.53. The van der Waals surface area contributed by atoms with Crippen LogP contribution in [0.1, 0.15) is 47.9 Å². The van der Waals surface area contributed by atoms with E-state index in [9.17, 15) is 4.79 Å². The van der Waals surface area contributed by atoms with E-state index < -0.39 is 0 Å². The number of rotatable bonds is 3. The van der Waals surface area contributed by atoms with Crippen LogP contribution >= 0.6 is 0 Å². The van der Waals surface area contributed by atoms with Crippen molar-refractivity contribution in [3.8, 4) is 0 Å². The van der Waals surface area contributed by atoms with E-state index >= 15 is 0 Å². The number of aryl methyl sites for hydroxylation is 1. The average Bonchev–Trinajstić information content (AvgIpc) is 3.22. The highest BCUT2D eigenvalue weighted by Crippen LogP contribution is 2.31. The minimum Gasteiger partial charge on any atom is -0.348 e. The van der Waals surface area contributed by atoms with Gasteiger partial charge >= 0.3 is 0 Å². The van der Waals surface area contributed by atoms with Gasteiger partial charge < -0.3 is 9.88 Å². The third-order valence-electron chi connectivity index (χ3n) is 4.84. The van der Waals surface area contributed by atoms with Crippen molar-refractivity contribution in [1.82, 2.24) is 30.3 Å². The number of nitrogens with one attached hydrogen (secondary N) is 2. The molecular formula is C17H20N6O. The van der Waals surface area contributed by atoms with E-state index in [0.717, 1.165) is 31.3 Å². The molecule has 7 nitrogen and oxygen atoms in total. The van der Waals surface area contributed by atoms with Gasteiger partial charge in [-0.1, -0.05) is 0 Å². The SMILES string of the molecule is Cc1n[nH]nc1C(=O)NC1CCC(n2ccc3cccnc32)CC1. The molecule has 1 fully saturated rings. The van der Waals surface area contributed by atoms with E-state index in [1.807, 2.05) is 12.3 Å². The summed E-state index contributed by atoms with van der Waals surface area (Å²) in [5.74, 6) is -0.141. The summed E-state index contributed by atoms with van der Waals surface area (Å²) in [5.41, 5.74) is 2.06. The molecule has 0 bridgehead atoms. The fraction of sp³-hybridized carbons (Fsp3) is 0.412. The Balaban J connectivity index is 1.40. The number of carbonyl (C=O) groups excluding carboxylic acids is 1. The molecule has 7 heteroatoms. The molecule has 1 aliphatic rings. The number of amides is 1. The molecule has 0 atom stereocenters. The molecule has 1 amide bonds. The molecule has 4 rings (SSSR count). The lowest BCUT2D eigenvalue weighted by molar-refractivity contribution is 0.0917. The molecule has 0 spiro atoms. The van der Waals surface area contributed by atoms with Crippen molar-refractivity contribution in [2.24, 2.45) is 0 Å². The first-order valence-corrected chi connectivity index (χ1v) is 8.32. The molecule has 0 aromatic carbocycles. The van der Waals surface area contributed by atoms with Gasteiger partial charge in [0.15, 0.2) is 5.69 Å². The van der Waals surface area contributed by atoms with Crippen LogP contribution in [-0.2, 0) is 0 Å². The van der Waals surface area contributed by atoms with Crippen molar-refractivity contribution in [2.45, 2.75) is 44.7 Å². The Hall–Kier alpha value is -2.70. The minimum absolute atomic E-state index is 0.141. The Labute approximate surface area is 139 Å². The number of fused-ring (bicyclic) bond motifs is 1. The third-order valence-corrected chi connectivity index (χ3v) is 4.84. The quantitative estimate of drug-likeness (QED) is 0.774. The molecule has 1 saturated carbocycles. The Morgan fingerprint density at radius 3 is 2.83 bits per heavy atom. The topological polar surface area (TPSA) is 88.5 Å². The molecule has 0 radical (unpaired) electrons. The summed E-state index contributed by atoms with van der Waals surface area (Å²) >= 11 is 0. The van der Waals surface area contributed by atoms with Gasteiger partial charge in [-0.15, -0.1) is 0 Å². The normalized spacial score (nSPS) is 21.0. The molecule has 0 saturated heterocycles. The number of hydrogen-bond acceptors (Lipinski definition) is 4. The van der Waals surface area contributed by atoms with Crippen LogP contribution in [0.15, 0.2) is 30.6 Å². The predicted octanol–water partition coefficient (Wildman–Crippen LogP) is 2.38. The van der Waals surface area contributed by atoms with E-state index in [0.29, 0.717) is 17.4 Å². The Morgan fingerprint density at radius 2 is 2.08 bits per heavy atom. The van der Waals surface area contributed by atoms with E-state index in [1.165, 1.54) is 5.39 Å². The maximum atomic E-state index is 12.2. The van der Waals surface area contributed by atoms with Crippen molar-refractivity contribution >= 4 is 16.9 Å². The summed E-state index contributed by atoms with van der Waals surface area (Å²) < 4.78 is 2.27. The smallest absolute Gasteiger partial charge is 0.273 e. The second-order valence-electron chi connectivity index (χ2n) is 6.38. The highest BCUT2D eigenvalue weighted by Gasteiger charge is 2.25. The standard InChI is InChI=1S/C17H20N6O/c1-11-15(21-22-20-11)17(24)19-13-4-6-14(7-5-13)23-10-8-12-3-2-9-18-16(12)23/h2-3,8-10,13-14H,4-7H2,1H3,(H,19,24)(H,20,21,22). The van der Waals surface area contributed by atoms with Crippen LogP contribution in [0, 0.1) is 6.92 Å². The molecule has 0 unspecified atom stereocenters. The lowest BCUT2D eigenvalue weighted by Crippen LogP contribution is -2.38. The molecule has 3 aromatic heterocycles. The monoisotopic (exact) mass is 324 g/mol. The number of aromatic nitrogens is 5.